The third-order valence-electron chi connectivity index (χ3n) is 4.59. The van der Waals surface area contributed by atoms with Gasteiger partial charge in [-0.3, -0.25) is 20.2 Å². The number of carbonyl (C=O) groups excluding carboxylic acids is 1. The summed E-state index contributed by atoms with van der Waals surface area (Å²) in [7, 11) is 0. The molecule has 0 bridgehead atoms. The summed E-state index contributed by atoms with van der Waals surface area (Å²) in [6, 6.07) is 8.35. The molecule has 1 aliphatic heterocycles. The van der Waals surface area contributed by atoms with Gasteiger partial charge in [-0.25, -0.2) is 9.37 Å². The SMILES string of the molecule is O=C(NC(=S)Nc1nc2ccc(F)cc2s1)c1cc([N+](=O)[O-])ccc1N1CCOCC1. The Morgan fingerprint density at radius 1 is 1.26 bits per heavy atom. The lowest BCUT2D eigenvalue weighted by molar-refractivity contribution is -0.384. The number of morpholine rings is 1. The van der Waals surface area contributed by atoms with Crippen LogP contribution in [0.5, 0.6) is 0 Å². The lowest BCUT2D eigenvalue weighted by Crippen LogP contribution is -2.39. The second-order valence-corrected chi connectivity index (χ2v) is 8.04. The summed E-state index contributed by atoms with van der Waals surface area (Å²) in [6.45, 7) is 2.11. The number of rotatable bonds is 4. The first kappa shape index (κ1) is 21.0. The number of benzene rings is 2. The largest absolute Gasteiger partial charge is 0.378 e. The van der Waals surface area contributed by atoms with Gasteiger partial charge in [0, 0.05) is 25.2 Å². The summed E-state index contributed by atoms with van der Waals surface area (Å²) in [6.07, 6.45) is 0. The molecule has 2 N–H and O–H groups in total. The molecule has 2 heterocycles. The third kappa shape index (κ3) is 4.76. The van der Waals surface area contributed by atoms with Crippen molar-refractivity contribution in [3.05, 3.63) is 57.9 Å². The number of carbonyl (C=O) groups is 1. The highest BCUT2D eigenvalue weighted by molar-refractivity contribution is 7.80. The van der Waals surface area contributed by atoms with E-state index >= 15 is 0 Å². The van der Waals surface area contributed by atoms with Gasteiger partial charge in [-0.15, -0.1) is 0 Å². The standard InChI is InChI=1S/C19H16FN5O4S2/c20-11-1-3-14-16(9-11)31-19(21-14)23-18(30)22-17(26)13-10-12(25(27)28)2-4-15(13)24-5-7-29-8-6-24/h1-4,9-10H,5-8H2,(H2,21,22,23,26,30). The van der Waals surface area contributed by atoms with Crippen molar-refractivity contribution in [2.24, 2.45) is 0 Å². The second-order valence-electron chi connectivity index (χ2n) is 6.60. The van der Waals surface area contributed by atoms with E-state index in [4.69, 9.17) is 17.0 Å². The van der Waals surface area contributed by atoms with Crippen LogP contribution < -0.4 is 15.5 Å². The summed E-state index contributed by atoms with van der Waals surface area (Å²) < 4.78 is 19.3. The average Bonchev–Trinajstić information content (AvgIpc) is 3.14. The number of amides is 1. The Morgan fingerprint density at radius 3 is 2.77 bits per heavy atom. The Balaban J connectivity index is 1.53. The van der Waals surface area contributed by atoms with Crippen molar-refractivity contribution in [2.45, 2.75) is 0 Å². The van der Waals surface area contributed by atoms with Gasteiger partial charge < -0.3 is 15.0 Å². The van der Waals surface area contributed by atoms with E-state index < -0.39 is 10.8 Å². The van der Waals surface area contributed by atoms with Gasteiger partial charge in [0.25, 0.3) is 11.6 Å². The minimum absolute atomic E-state index is 0.0241. The zero-order chi connectivity index (χ0) is 22.0. The number of hydrogen-bond donors (Lipinski definition) is 2. The molecule has 0 aliphatic carbocycles. The highest BCUT2D eigenvalue weighted by Crippen LogP contribution is 2.28. The van der Waals surface area contributed by atoms with E-state index in [2.05, 4.69) is 15.6 Å². The molecule has 1 saturated heterocycles. The molecule has 2 aromatic carbocycles. The third-order valence-corrected chi connectivity index (χ3v) is 5.72. The lowest BCUT2D eigenvalue weighted by Gasteiger charge is -2.30. The summed E-state index contributed by atoms with van der Waals surface area (Å²) >= 11 is 6.39. The Bertz CT molecular complexity index is 1180. The molecule has 0 unspecified atom stereocenters. The summed E-state index contributed by atoms with van der Waals surface area (Å²) in [4.78, 5) is 29.8. The molecule has 1 fully saturated rings. The fourth-order valence-corrected chi connectivity index (χ4v) is 4.30. The number of nitrogens with zero attached hydrogens (tertiary/aromatic N) is 3. The molecule has 1 amide bonds. The number of thiocarbonyl (C=S) groups is 1. The number of nitro groups is 1. The number of halogens is 1. The maximum Gasteiger partial charge on any atom is 0.270 e. The van der Waals surface area contributed by atoms with Crippen molar-refractivity contribution < 1.29 is 18.8 Å². The smallest absolute Gasteiger partial charge is 0.270 e. The average molecular weight is 462 g/mol. The van der Waals surface area contributed by atoms with Crippen molar-refractivity contribution in [1.82, 2.24) is 10.3 Å². The molecule has 0 atom stereocenters. The Labute approximate surface area is 185 Å². The molecule has 31 heavy (non-hydrogen) atoms. The molecule has 9 nitrogen and oxygen atoms in total. The van der Waals surface area contributed by atoms with E-state index in [9.17, 15) is 19.3 Å². The van der Waals surface area contributed by atoms with Crippen molar-refractivity contribution in [1.29, 1.82) is 0 Å². The highest BCUT2D eigenvalue weighted by Gasteiger charge is 2.23. The maximum absolute atomic E-state index is 13.4. The van der Waals surface area contributed by atoms with Crippen LogP contribution in [-0.2, 0) is 4.74 Å². The van der Waals surface area contributed by atoms with Gasteiger partial charge in [0.05, 0.1) is 39.6 Å². The van der Waals surface area contributed by atoms with Crippen LogP contribution in [-0.4, -0.2) is 47.2 Å². The first-order chi connectivity index (χ1) is 14.9. The van der Waals surface area contributed by atoms with Gasteiger partial charge in [0.15, 0.2) is 10.2 Å². The van der Waals surface area contributed by atoms with Gasteiger partial charge in [0.1, 0.15) is 5.82 Å². The molecule has 1 aliphatic rings. The predicted molar refractivity (Wildman–Crippen MR) is 119 cm³/mol. The van der Waals surface area contributed by atoms with Crippen LogP contribution in [0.1, 0.15) is 10.4 Å². The summed E-state index contributed by atoms with van der Waals surface area (Å²) in [5.41, 5.74) is 1.09. The fourth-order valence-electron chi connectivity index (χ4n) is 3.15. The predicted octanol–water partition coefficient (Wildman–Crippen LogP) is 3.31. The second kappa shape index (κ2) is 8.88. The van der Waals surface area contributed by atoms with Gasteiger partial charge >= 0.3 is 0 Å². The van der Waals surface area contributed by atoms with Crippen molar-refractivity contribution >= 4 is 61.3 Å². The topological polar surface area (TPSA) is 110 Å². The van der Waals surface area contributed by atoms with Crippen LogP contribution in [0.25, 0.3) is 10.2 Å². The quantitative estimate of drug-likeness (QED) is 0.346. The molecular formula is C19H16FN5O4S2. The fraction of sp³-hybridized carbons (Fsp3) is 0.211. The van der Waals surface area contributed by atoms with Crippen LogP contribution in [0, 0.1) is 15.9 Å². The monoisotopic (exact) mass is 461 g/mol. The van der Waals surface area contributed by atoms with Crippen molar-refractivity contribution in [3.8, 4) is 0 Å². The number of non-ortho nitro benzene ring substituents is 1. The summed E-state index contributed by atoms with van der Waals surface area (Å²) in [5.74, 6) is -0.963. The van der Waals surface area contributed by atoms with E-state index in [1.54, 1.807) is 12.1 Å². The van der Waals surface area contributed by atoms with Crippen LogP contribution in [0.2, 0.25) is 0 Å². The van der Waals surface area contributed by atoms with Gasteiger partial charge in [0.2, 0.25) is 0 Å². The van der Waals surface area contributed by atoms with E-state index in [0.717, 1.165) is 0 Å². The van der Waals surface area contributed by atoms with Gasteiger partial charge in [-0.05, 0) is 36.5 Å². The zero-order valence-electron chi connectivity index (χ0n) is 16.0. The molecule has 0 spiro atoms. The van der Waals surface area contributed by atoms with E-state index in [1.165, 1.54) is 35.6 Å². The van der Waals surface area contributed by atoms with E-state index in [-0.39, 0.29) is 22.2 Å². The van der Waals surface area contributed by atoms with Gasteiger partial charge in [-0.2, -0.15) is 0 Å². The van der Waals surface area contributed by atoms with Crippen LogP contribution in [0.15, 0.2) is 36.4 Å². The molecule has 0 saturated carbocycles. The zero-order valence-corrected chi connectivity index (χ0v) is 17.6. The number of anilines is 2. The number of nitrogens with one attached hydrogen (secondary N) is 2. The molecule has 1 aromatic heterocycles. The van der Waals surface area contributed by atoms with Gasteiger partial charge in [-0.1, -0.05) is 11.3 Å². The minimum Gasteiger partial charge on any atom is -0.378 e. The van der Waals surface area contributed by atoms with Crippen LogP contribution in [0.4, 0.5) is 20.9 Å². The van der Waals surface area contributed by atoms with E-state index in [1.807, 2.05) is 4.90 Å². The highest BCUT2D eigenvalue weighted by atomic mass is 32.1. The maximum atomic E-state index is 13.4. The van der Waals surface area contributed by atoms with E-state index in [0.29, 0.717) is 47.3 Å². The Kier molecular flexibility index (Phi) is 6.02. The van der Waals surface area contributed by atoms with Crippen molar-refractivity contribution in [2.75, 3.05) is 36.5 Å². The van der Waals surface area contributed by atoms with Crippen LogP contribution >= 0.6 is 23.6 Å². The van der Waals surface area contributed by atoms with Crippen LogP contribution in [0.3, 0.4) is 0 Å². The minimum atomic E-state index is -0.588. The normalized spacial score (nSPS) is 13.8. The molecule has 4 rings (SSSR count). The number of aromatic nitrogens is 1. The molecule has 12 heteroatoms. The number of thiazole rings is 1. The number of hydrogen-bond acceptors (Lipinski definition) is 8. The first-order valence-electron chi connectivity index (χ1n) is 9.20. The number of fused-ring (bicyclic) bond motifs is 1. The molecular weight excluding hydrogens is 445 g/mol. The Morgan fingerprint density at radius 2 is 2.03 bits per heavy atom. The summed E-state index contributed by atoms with van der Waals surface area (Å²) in [5, 5.41) is 16.9. The lowest BCUT2D eigenvalue weighted by atomic mass is 10.1. The molecule has 0 radical (unpaired) electrons. The van der Waals surface area contributed by atoms with Crippen molar-refractivity contribution in [3.63, 3.8) is 0 Å². The number of ether oxygens (including phenoxy) is 1. The molecule has 160 valence electrons. The number of nitro benzene ring substituents is 1. The molecule has 3 aromatic rings. The first-order valence-corrected chi connectivity index (χ1v) is 10.4. The Hall–Kier alpha value is -3.22.